The molecule has 0 radical (unpaired) electrons. The average Bonchev–Trinajstić information content (AvgIpc) is 2.52. The van der Waals surface area contributed by atoms with E-state index >= 15 is 0 Å². The number of aryl methyl sites for hydroxylation is 1. The second-order valence-corrected chi connectivity index (χ2v) is 5.23. The molecular formula is C15H26N4O2. The van der Waals surface area contributed by atoms with E-state index in [1.165, 1.54) is 0 Å². The molecule has 0 aliphatic heterocycles. The molecule has 0 bridgehead atoms. The molecule has 0 aliphatic carbocycles. The zero-order valence-electron chi connectivity index (χ0n) is 13.1. The van der Waals surface area contributed by atoms with Crippen LogP contribution < -0.4 is 10.6 Å². The van der Waals surface area contributed by atoms with Gasteiger partial charge in [-0.25, -0.2) is 14.8 Å². The lowest BCUT2D eigenvalue weighted by atomic mass is 9.79. The Bertz CT molecular complexity index is 430. The van der Waals surface area contributed by atoms with Crippen molar-refractivity contribution in [1.82, 2.24) is 15.3 Å². The Morgan fingerprint density at radius 2 is 1.86 bits per heavy atom. The fraction of sp³-hybridized carbons (Fsp3) is 0.667. The molecule has 1 heterocycles. The minimum Gasteiger partial charge on any atom is -0.396 e. The number of aliphatic hydroxyl groups excluding tert-OH is 1. The van der Waals surface area contributed by atoms with Gasteiger partial charge in [-0.1, -0.05) is 20.8 Å². The molecule has 1 rings (SSSR count). The highest BCUT2D eigenvalue weighted by atomic mass is 16.3. The third-order valence-corrected chi connectivity index (χ3v) is 4.05. The maximum absolute atomic E-state index is 11.9. The monoisotopic (exact) mass is 294 g/mol. The van der Waals surface area contributed by atoms with E-state index in [-0.39, 0.29) is 18.1 Å². The largest absolute Gasteiger partial charge is 0.396 e. The SMILES string of the molecule is CCc1ncc(NC(=O)NCC(CC)(CC)CCO)cn1. The number of carbonyl (C=O) groups is 1. The number of amides is 2. The van der Waals surface area contributed by atoms with Crippen molar-refractivity contribution in [3.8, 4) is 0 Å². The molecule has 0 saturated heterocycles. The molecule has 1 aromatic rings. The lowest BCUT2D eigenvalue weighted by Crippen LogP contribution is -2.39. The van der Waals surface area contributed by atoms with Gasteiger partial charge in [0.1, 0.15) is 5.82 Å². The first-order valence-corrected chi connectivity index (χ1v) is 7.55. The summed E-state index contributed by atoms with van der Waals surface area (Å²) in [5, 5.41) is 14.8. The van der Waals surface area contributed by atoms with E-state index in [0.717, 1.165) is 25.1 Å². The summed E-state index contributed by atoms with van der Waals surface area (Å²) in [4.78, 5) is 20.2. The Kier molecular flexibility index (Phi) is 7.08. The average molecular weight is 294 g/mol. The van der Waals surface area contributed by atoms with Crippen LogP contribution in [-0.2, 0) is 6.42 Å². The van der Waals surface area contributed by atoms with Gasteiger partial charge in [0.2, 0.25) is 0 Å². The number of nitrogens with zero attached hydrogens (tertiary/aromatic N) is 2. The van der Waals surface area contributed by atoms with Gasteiger partial charge in [-0.05, 0) is 24.7 Å². The molecule has 118 valence electrons. The smallest absolute Gasteiger partial charge is 0.319 e. The van der Waals surface area contributed by atoms with Crippen LogP contribution in [0.1, 0.15) is 45.9 Å². The molecule has 0 unspecified atom stereocenters. The van der Waals surface area contributed by atoms with Crippen molar-refractivity contribution in [3.63, 3.8) is 0 Å². The first-order chi connectivity index (χ1) is 10.1. The lowest BCUT2D eigenvalue weighted by molar-refractivity contribution is 0.165. The highest BCUT2D eigenvalue weighted by molar-refractivity contribution is 5.88. The molecular weight excluding hydrogens is 268 g/mol. The van der Waals surface area contributed by atoms with Gasteiger partial charge in [-0.2, -0.15) is 0 Å². The molecule has 1 aromatic heterocycles. The fourth-order valence-corrected chi connectivity index (χ4v) is 2.22. The lowest BCUT2D eigenvalue weighted by Gasteiger charge is -2.31. The van der Waals surface area contributed by atoms with Crippen molar-refractivity contribution in [1.29, 1.82) is 0 Å². The summed E-state index contributed by atoms with van der Waals surface area (Å²) in [6, 6.07) is -0.271. The van der Waals surface area contributed by atoms with E-state index in [2.05, 4.69) is 34.4 Å². The molecule has 0 fully saturated rings. The van der Waals surface area contributed by atoms with Crippen LogP contribution in [-0.4, -0.2) is 34.3 Å². The van der Waals surface area contributed by atoms with Crippen LogP contribution in [0, 0.1) is 5.41 Å². The van der Waals surface area contributed by atoms with Gasteiger partial charge < -0.3 is 15.7 Å². The van der Waals surface area contributed by atoms with E-state index in [1.54, 1.807) is 12.4 Å². The fourth-order valence-electron chi connectivity index (χ4n) is 2.22. The Balaban J connectivity index is 2.52. The summed E-state index contributed by atoms with van der Waals surface area (Å²) in [5.74, 6) is 0.750. The highest BCUT2D eigenvalue weighted by Crippen LogP contribution is 2.29. The molecule has 6 heteroatoms. The maximum Gasteiger partial charge on any atom is 0.319 e. The summed E-state index contributed by atoms with van der Waals surface area (Å²) in [7, 11) is 0. The third kappa shape index (κ3) is 5.30. The first-order valence-electron chi connectivity index (χ1n) is 7.55. The predicted molar refractivity (Wildman–Crippen MR) is 83.1 cm³/mol. The normalized spacial score (nSPS) is 11.2. The van der Waals surface area contributed by atoms with Crippen LogP contribution in [0.5, 0.6) is 0 Å². The molecule has 21 heavy (non-hydrogen) atoms. The molecule has 0 aromatic carbocycles. The first kappa shape index (κ1) is 17.4. The van der Waals surface area contributed by atoms with Crippen molar-refractivity contribution in [3.05, 3.63) is 18.2 Å². The van der Waals surface area contributed by atoms with E-state index in [9.17, 15) is 4.79 Å². The van der Waals surface area contributed by atoms with E-state index in [1.807, 2.05) is 6.92 Å². The van der Waals surface area contributed by atoms with Gasteiger partial charge in [-0.15, -0.1) is 0 Å². The number of aromatic nitrogens is 2. The summed E-state index contributed by atoms with van der Waals surface area (Å²) < 4.78 is 0. The van der Waals surface area contributed by atoms with Crippen LogP contribution in [0.15, 0.2) is 12.4 Å². The van der Waals surface area contributed by atoms with E-state index in [0.29, 0.717) is 18.7 Å². The van der Waals surface area contributed by atoms with Gasteiger partial charge in [0.25, 0.3) is 0 Å². The van der Waals surface area contributed by atoms with Gasteiger partial charge in [0.05, 0.1) is 18.1 Å². The summed E-state index contributed by atoms with van der Waals surface area (Å²) in [5.41, 5.74) is 0.528. The quantitative estimate of drug-likeness (QED) is 0.687. The maximum atomic E-state index is 11.9. The number of nitrogens with one attached hydrogen (secondary N) is 2. The molecule has 2 amide bonds. The van der Waals surface area contributed by atoms with Crippen molar-refractivity contribution >= 4 is 11.7 Å². The van der Waals surface area contributed by atoms with Gasteiger partial charge in [-0.3, -0.25) is 0 Å². The Hall–Kier alpha value is -1.69. The van der Waals surface area contributed by atoms with Crippen LogP contribution in [0.4, 0.5) is 10.5 Å². The Morgan fingerprint density at radius 1 is 1.24 bits per heavy atom. The number of urea groups is 1. The topological polar surface area (TPSA) is 87.1 Å². The van der Waals surface area contributed by atoms with Gasteiger partial charge in [0, 0.05) is 19.6 Å². The zero-order chi connectivity index (χ0) is 15.7. The second kappa shape index (κ2) is 8.56. The minimum atomic E-state index is -0.271. The second-order valence-electron chi connectivity index (χ2n) is 5.23. The van der Waals surface area contributed by atoms with Crippen LogP contribution in [0.25, 0.3) is 0 Å². The van der Waals surface area contributed by atoms with E-state index in [4.69, 9.17) is 5.11 Å². The number of aliphatic hydroxyl groups is 1. The minimum absolute atomic E-state index is 0.0470. The number of anilines is 1. The molecule has 6 nitrogen and oxygen atoms in total. The van der Waals surface area contributed by atoms with Gasteiger partial charge >= 0.3 is 6.03 Å². The predicted octanol–water partition coefficient (Wildman–Crippen LogP) is 2.35. The van der Waals surface area contributed by atoms with Crippen LogP contribution >= 0.6 is 0 Å². The molecule has 0 aliphatic rings. The summed E-state index contributed by atoms with van der Waals surface area (Å²) in [6.07, 6.45) is 6.49. The van der Waals surface area contributed by atoms with Crippen LogP contribution in [0.2, 0.25) is 0 Å². The Morgan fingerprint density at radius 3 is 2.33 bits per heavy atom. The standard InChI is InChI=1S/C15H26N4O2/c1-4-13-16-9-12(10-17-13)19-14(21)18-11-15(5-2,6-3)7-8-20/h9-10,20H,4-8,11H2,1-3H3,(H2,18,19,21). The number of hydrogen-bond donors (Lipinski definition) is 3. The van der Waals surface area contributed by atoms with Crippen molar-refractivity contribution in [2.24, 2.45) is 5.41 Å². The van der Waals surface area contributed by atoms with Gasteiger partial charge in [0.15, 0.2) is 0 Å². The van der Waals surface area contributed by atoms with Crippen molar-refractivity contribution in [2.75, 3.05) is 18.5 Å². The number of carbonyl (C=O) groups excluding carboxylic acids is 1. The summed E-state index contributed by atoms with van der Waals surface area (Å²) >= 11 is 0. The van der Waals surface area contributed by atoms with Crippen molar-refractivity contribution in [2.45, 2.75) is 46.5 Å². The Labute approximate surface area is 126 Å². The van der Waals surface area contributed by atoms with Crippen LogP contribution in [0.3, 0.4) is 0 Å². The number of rotatable bonds is 8. The molecule has 0 spiro atoms. The highest BCUT2D eigenvalue weighted by Gasteiger charge is 2.26. The molecule has 0 atom stereocenters. The molecule has 3 N–H and O–H groups in total. The zero-order valence-corrected chi connectivity index (χ0v) is 13.1. The molecule has 0 saturated carbocycles. The summed E-state index contributed by atoms with van der Waals surface area (Å²) in [6.45, 7) is 6.81. The third-order valence-electron chi connectivity index (χ3n) is 4.05. The van der Waals surface area contributed by atoms with Crippen molar-refractivity contribution < 1.29 is 9.90 Å². The van der Waals surface area contributed by atoms with E-state index < -0.39 is 0 Å². The number of hydrogen-bond acceptors (Lipinski definition) is 4.